The third-order valence-electron chi connectivity index (χ3n) is 3.41. The Kier molecular flexibility index (Phi) is 5.31. The Labute approximate surface area is 118 Å². The largest absolute Gasteiger partial charge is 0.492 e. The Morgan fingerprint density at radius 2 is 2.05 bits per heavy atom. The summed E-state index contributed by atoms with van der Waals surface area (Å²) in [5, 5.41) is 13.8. The number of nitro groups is 1. The van der Waals surface area contributed by atoms with E-state index in [2.05, 4.69) is 17.3 Å². The number of nitro benzene ring substituents is 1. The van der Waals surface area contributed by atoms with E-state index in [0.29, 0.717) is 12.4 Å². The maximum absolute atomic E-state index is 10.5. The number of hydrogen-bond acceptors (Lipinski definition) is 5. The molecule has 0 atom stereocenters. The molecule has 1 aliphatic rings. The minimum atomic E-state index is -0.415. The van der Waals surface area contributed by atoms with E-state index in [-0.39, 0.29) is 5.69 Å². The van der Waals surface area contributed by atoms with Crippen LogP contribution in [0.2, 0.25) is 0 Å². The number of ether oxygens (including phenoxy) is 1. The van der Waals surface area contributed by atoms with Crippen molar-refractivity contribution in [3.63, 3.8) is 0 Å². The molecule has 110 valence electrons. The molecule has 0 heterocycles. The van der Waals surface area contributed by atoms with Gasteiger partial charge in [0.25, 0.3) is 5.69 Å². The fourth-order valence-electron chi connectivity index (χ4n) is 1.98. The molecule has 1 aliphatic carbocycles. The third-order valence-corrected chi connectivity index (χ3v) is 3.41. The number of nitrogens with zero attached hydrogens (tertiary/aromatic N) is 2. The molecule has 1 N–H and O–H groups in total. The van der Waals surface area contributed by atoms with Crippen LogP contribution >= 0.6 is 0 Å². The van der Waals surface area contributed by atoms with E-state index in [1.807, 2.05) is 0 Å². The molecule has 1 saturated carbocycles. The van der Waals surface area contributed by atoms with Crippen molar-refractivity contribution in [1.29, 1.82) is 0 Å². The van der Waals surface area contributed by atoms with Crippen molar-refractivity contribution in [2.45, 2.75) is 18.9 Å². The minimum Gasteiger partial charge on any atom is -0.492 e. The topological polar surface area (TPSA) is 67.6 Å². The lowest BCUT2D eigenvalue weighted by Gasteiger charge is -2.15. The summed E-state index contributed by atoms with van der Waals surface area (Å²) in [4.78, 5) is 12.5. The minimum absolute atomic E-state index is 0.0820. The molecule has 0 unspecified atom stereocenters. The first kappa shape index (κ1) is 14.7. The van der Waals surface area contributed by atoms with E-state index < -0.39 is 4.92 Å². The quantitative estimate of drug-likeness (QED) is 0.423. The number of benzene rings is 1. The summed E-state index contributed by atoms with van der Waals surface area (Å²) in [6, 6.07) is 6.95. The zero-order valence-corrected chi connectivity index (χ0v) is 11.7. The van der Waals surface area contributed by atoms with Crippen molar-refractivity contribution in [3.8, 4) is 5.75 Å². The number of likely N-dealkylation sites (N-methyl/N-ethyl adjacent to an activating group) is 1. The maximum atomic E-state index is 10.5. The lowest BCUT2D eigenvalue weighted by atomic mass is 10.3. The van der Waals surface area contributed by atoms with Gasteiger partial charge in [-0.2, -0.15) is 0 Å². The number of nitrogens with one attached hydrogen (secondary N) is 1. The van der Waals surface area contributed by atoms with Crippen LogP contribution in [0.3, 0.4) is 0 Å². The number of non-ortho nitro benzene ring substituents is 1. The Hall–Kier alpha value is -1.66. The smallest absolute Gasteiger partial charge is 0.269 e. The van der Waals surface area contributed by atoms with Gasteiger partial charge in [-0.3, -0.25) is 10.1 Å². The van der Waals surface area contributed by atoms with E-state index in [9.17, 15) is 10.1 Å². The molecule has 0 spiro atoms. The van der Waals surface area contributed by atoms with Crippen LogP contribution in [-0.4, -0.2) is 49.2 Å². The Morgan fingerprint density at radius 1 is 1.35 bits per heavy atom. The zero-order chi connectivity index (χ0) is 14.4. The predicted octanol–water partition coefficient (Wildman–Crippen LogP) is 1.66. The van der Waals surface area contributed by atoms with Crippen LogP contribution in [0.4, 0.5) is 5.69 Å². The molecular formula is C14H21N3O3. The highest BCUT2D eigenvalue weighted by Crippen LogP contribution is 2.24. The van der Waals surface area contributed by atoms with Crippen LogP contribution in [0.1, 0.15) is 12.8 Å². The van der Waals surface area contributed by atoms with Crippen LogP contribution in [0.25, 0.3) is 0 Å². The van der Waals surface area contributed by atoms with E-state index in [1.54, 1.807) is 12.1 Å². The molecule has 1 aromatic carbocycles. The molecule has 1 fully saturated rings. The molecule has 0 aliphatic heterocycles. The van der Waals surface area contributed by atoms with Crippen LogP contribution < -0.4 is 10.1 Å². The summed E-state index contributed by atoms with van der Waals surface area (Å²) in [5.41, 5.74) is 0.0820. The second-order valence-corrected chi connectivity index (χ2v) is 5.06. The molecule has 2 rings (SSSR count). The van der Waals surface area contributed by atoms with Gasteiger partial charge in [-0.1, -0.05) is 0 Å². The van der Waals surface area contributed by atoms with Crippen LogP contribution in [0, 0.1) is 10.1 Å². The van der Waals surface area contributed by atoms with Crippen molar-refractivity contribution >= 4 is 5.69 Å². The van der Waals surface area contributed by atoms with Gasteiger partial charge in [0, 0.05) is 37.8 Å². The highest BCUT2D eigenvalue weighted by atomic mass is 16.6. The first-order chi connectivity index (χ1) is 9.66. The van der Waals surface area contributed by atoms with E-state index in [1.165, 1.54) is 25.0 Å². The molecule has 0 saturated heterocycles. The monoisotopic (exact) mass is 279 g/mol. The molecule has 0 bridgehead atoms. The van der Waals surface area contributed by atoms with Crippen molar-refractivity contribution in [1.82, 2.24) is 10.2 Å². The van der Waals surface area contributed by atoms with E-state index in [4.69, 9.17) is 4.74 Å². The average Bonchev–Trinajstić information content (AvgIpc) is 3.27. The van der Waals surface area contributed by atoms with Gasteiger partial charge in [0.2, 0.25) is 0 Å². The van der Waals surface area contributed by atoms with Crippen LogP contribution in [0.15, 0.2) is 24.3 Å². The number of hydrogen-bond donors (Lipinski definition) is 1. The Morgan fingerprint density at radius 3 is 2.65 bits per heavy atom. The first-order valence-electron chi connectivity index (χ1n) is 6.95. The fraction of sp³-hybridized carbons (Fsp3) is 0.571. The van der Waals surface area contributed by atoms with Crippen molar-refractivity contribution in [2.75, 3.05) is 33.3 Å². The summed E-state index contributed by atoms with van der Waals surface area (Å²) in [6.07, 6.45) is 2.67. The summed E-state index contributed by atoms with van der Waals surface area (Å²) in [5.74, 6) is 0.660. The summed E-state index contributed by atoms with van der Waals surface area (Å²) in [6.45, 7) is 3.35. The molecular weight excluding hydrogens is 258 g/mol. The second kappa shape index (κ2) is 7.21. The zero-order valence-electron chi connectivity index (χ0n) is 11.7. The second-order valence-electron chi connectivity index (χ2n) is 5.06. The van der Waals surface area contributed by atoms with Gasteiger partial charge in [-0.25, -0.2) is 0 Å². The molecule has 1 aromatic rings. The molecule has 0 radical (unpaired) electrons. The molecule has 0 amide bonds. The summed E-state index contributed by atoms with van der Waals surface area (Å²) in [7, 11) is 2.16. The van der Waals surface area contributed by atoms with Crippen molar-refractivity contribution in [3.05, 3.63) is 34.4 Å². The summed E-state index contributed by atoms with van der Waals surface area (Å²) >= 11 is 0. The molecule has 6 nitrogen and oxygen atoms in total. The van der Waals surface area contributed by atoms with Gasteiger partial charge in [0.15, 0.2) is 0 Å². The van der Waals surface area contributed by atoms with Gasteiger partial charge in [-0.15, -0.1) is 0 Å². The van der Waals surface area contributed by atoms with Gasteiger partial charge in [0.1, 0.15) is 12.4 Å². The van der Waals surface area contributed by atoms with Crippen molar-refractivity contribution < 1.29 is 9.66 Å². The normalized spacial score (nSPS) is 14.5. The highest BCUT2D eigenvalue weighted by Gasteiger charge is 2.25. The van der Waals surface area contributed by atoms with Crippen LogP contribution in [0.5, 0.6) is 5.75 Å². The highest BCUT2D eigenvalue weighted by molar-refractivity contribution is 5.35. The van der Waals surface area contributed by atoms with E-state index >= 15 is 0 Å². The lowest BCUT2D eigenvalue weighted by Crippen LogP contribution is -2.32. The average molecular weight is 279 g/mol. The molecule has 6 heteroatoms. The van der Waals surface area contributed by atoms with Gasteiger partial charge in [0.05, 0.1) is 4.92 Å². The predicted molar refractivity (Wildman–Crippen MR) is 77.1 cm³/mol. The first-order valence-corrected chi connectivity index (χ1v) is 6.95. The van der Waals surface area contributed by atoms with E-state index in [0.717, 1.165) is 25.7 Å². The summed E-state index contributed by atoms with van der Waals surface area (Å²) < 4.78 is 5.51. The molecule has 0 aromatic heterocycles. The third kappa shape index (κ3) is 4.79. The standard InChI is InChI=1S/C14H21N3O3/c1-16(12-2-3-12)10-8-15-9-11-20-14-6-4-13(5-7-14)17(18)19/h4-7,12,15H,2-3,8-11H2,1H3. The fourth-order valence-corrected chi connectivity index (χ4v) is 1.98. The van der Waals surface area contributed by atoms with Gasteiger partial charge < -0.3 is 15.0 Å². The SMILES string of the molecule is CN(CCNCCOc1ccc([N+](=O)[O-])cc1)C1CC1. The maximum Gasteiger partial charge on any atom is 0.269 e. The van der Waals surface area contributed by atoms with Crippen LogP contribution in [-0.2, 0) is 0 Å². The Bertz CT molecular complexity index is 432. The van der Waals surface area contributed by atoms with Gasteiger partial charge >= 0.3 is 0 Å². The molecule has 20 heavy (non-hydrogen) atoms. The van der Waals surface area contributed by atoms with Crippen molar-refractivity contribution in [2.24, 2.45) is 0 Å². The van der Waals surface area contributed by atoms with Gasteiger partial charge in [-0.05, 0) is 32.0 Å². The lowest BCUT2D eigenvalue weighted by molar-refractivity contribution is -0.384. The number of rotatable bonds is 9. The Balaban J connectivity index is 1.55.